The molecule has 0 saturated carbocycles. The number of nitrogens with zero attached hydrogens (tertiary/aromatic N) is 1. The van der Waals surface area contributed by atoms with E-state index in [0.717, 1.165) is 11.8 Å². The Balaban J connectivity index is 2.15. The first kappa shape index (κ1) is 20.4. The van der Waals surface area contributed by atoms with E-state index in [-0.39, 0.29) is 5.56 Å². The molecule has 0 saturated heterocycles. The third-order valence-corrected chi connectivity index (χ3v) is 4.34. The first-order valence-electron chi connectivity index (χ1n) is 7.58. The minimum Gasteiger partial charge on any atom is -0.338 e. The topological polar surface area (TPSA) is 117 Å². The number of aromatic nitrogens is 1. The summed E-state index contributed by atoms with van der Waals surface area (Å²) in [6.07, 6.45) is -1.50. The second-order valence-electron chi connectivity index (χ2n) is 5.74. The zero-order valence-corrected chi connectivity index (χ0v) is 14.9. The van der Waals surface area contributed by atoms with Gasteiger partial charge in [-0.1, -0.05) is 5.92 Å². The van der Waals surface area contributed by atoms with Crippen molar-refractivity contribution in [1.29, 1.82) is 0 Å². The number of halogens is 2. The molecule has 27 heavy (non-hydrogen) atoms. The number of amides is 2. The monoisotopic (exact) mass is 394 g/mol. The van der Waals surface area contributed by atoms with E-state index in [9.17, 15) is 18.4 Å². The maximum atomic E-state index is 13.1. The Morgan fingerprint density at radius 1 is 1.30 bits per heavy atom. The van der Waals surface area contributed by atoms with Gasteiger partial charge in [-0.3, -0.25) is 19.8 Å². The van der Waals surface area contributed by atoms with E-state index in [0.29, 0.717) is 5.56 Å². The van der Waals surface area contributed by atoms with Gasteiger partial charge in [0, 0.05) is 11.1 Å². The van der Waals surface area contributed by atoms with Crippen molar-refractivity contribution in [3.63, 3.8) is 0 Å². The van der Waals surface area contributed by atoms with Crippen molar-refractivity contribution in [2.24, 2.45) is 5.73 Å². The molecule has 10 heteroatoms. The van der Waals surface area contributed by atoms with Gasteiger partial charge < -0.3 is 11.1 Å². The van der Waals surface area contributed by atoms with E-state index in [1.54, 1.807) is 23.8 Å². The number of hydroxylamine groups is 1. The second-order valence-corrected chi connectivity index (χ2v) is 6.63. The number of carbonyl (C=O) groups is 2. The highest BCUT2D eigenvalue weighted by Gasteiger charge is 2.44. The number of nitrogens with one attached hydrogen (secondary N) is 2. The first-order chi connectivity index (χ1) is 12.8. The zero-order valence-electron chi connectivity index (χ0n) is 14.1. The number of hydrogen-bond donors (Lipinski definition) is 4. The Bertz CT molecular complexity index is 859. The van der Waals surface area contributed by atoms with Crippen LogP contribution in [-0.4, -0.2) is 40.0 Å². The average Bonchev–Trinajstić information content (AvgIpc) is 3.17. The van der Waals surface area contributed by atoms with Gasteiger partial charge in [0.15, 0.2) is 0 Å². The van der Waals surface area contributed by atoms with Crippen LogP contribution >= 0.6 is 11.3 Å². The molecule has 0 radical (unpaired) electrons. The fourth-order valence-corrected chi connectivity index (χ4v) is 2.49. The third kappa shape index (κ3) is 5.07. The summed E-state index contributed by atoms with van der Waals surface area (Å²) in [6, 6.07) is 4.14. The molecule has 0 aliphatic rings. The fraction of sp³-hybridized carbons (Fsp3) is 0.235. The molecule has 7 nitrogen and oxygen atoms in total. The van der Waals surface area contributed by atoms with Crippen LogP contribution in [0, 0.1) is 11.8 Å². The van der Waals surface area contributed by atoms with E-state index in [4.69, 9.17) is 10.9 Å². The summed E-state index contributed by atoms with van der Waals surface area (Å²) in [5.41, 5.74) is 6.69. The highest BCUT2D eigenvalue weighted by Crippen LogP contribution is 2.18. The molecule has 5 N–H and O–H groups in total. The van der Waals surface area contributed by atoms with Gasteiger partial charge in [0.1, 0.15) is 11.6 Å². The van der Waals surface area contributed by atoms with Gasteiger partial charge in [-0.25, -0.2) is 14.3 Å². The Labute approximate surface area is 157 Å². The Kier molecular flexibility index (Phi) is 6.57. The van der Waals surface area contributed by atoms with Crippen LogP contribution in [0.15, 0.2) is 36.0 Å². The number of rotatable bonds is 5. The van der Waals surface area contributed by atoms with Crippen LogP contribution in [0.25, 0.3) is 0 Å². The van der Waals surface area contributed by atoms with Crippen molar-refractivity contribution in [2.75, 3.05) is 0 Å². The lowest BCUT2D eigenvalue weighted by Crippen LogP contribution is -2.66. The molecular weight excluding hydrogens is 378 g/mol. The number of alkyl halides is 2. The van der Waals surface area contributed by atoms with Crippen molar-refractivity contribution < 1.29 is 23.6 Å². The van der Waals surface area contributed by atoms with Gasteiger partial charge in [-0.2, -0.15) is 0 Å². The molecular formula is C17H16F2N4O3S. The van der Waals surface area contributed by atoms with Gasteiger partial charge in [-0.15, -0.1) is 11.3 Å². The maximum absolute atomic E-state index is 13.1. The van der Waals surface area contributed by atoms with E-state index in [1.165, 1.54) is 28.9 Å². The smallest absolute Gasteiger partial charge is 0.268 e. The molecule has 1 heterocycles. The molecule has 2 atom stereocenters. The lowest BCUT2D eigenvalue weighted by Gasteiger charge is -2.32. The molecule has 0 fully saturated rings. The number of benzene rings is 1. The Morgan fingerprint density at radius 3 is 2.48 bits per heavy atom. The highest BCUT2D eigenvalue weighted by atomic mass is 32.1. The van der Waals surface area contributed by atoms with Crippen molar-refractivity contribution in [3.8, 4) is 11.8 Å². The summed E-state index contributed by atoms with van der Waals surface area (Å²) in [6.45, 7) is 0.899. The molecule has 2 rings (SSSR count). The van der Waals surface area contributed by atoms with Crippen LogP contribution in [0.3, 0.4) is 0 Å². The van der Waals surface area contributed by atoms with Crippen LogP contribution in [0.5, 0.6) is 0 Å². The summed E-state index contributed by atoms with van der Waals surface area (Å²) in [7, 11) is 0. The molecule has 0 bridgehead atoms. The molecule has 1 aromatic carbocycles. The van der Waals surface area contributed by atoms with Crippen LogP contribution in [-0.2, 0) is 4.79 Å². The molecule has 0 spiro atoms. The largest absolute Gasteiger partial charge is 0.338 e. The molecule has 0 aliphatic carbocycles. The summed E-state index contributed by atoms with van der Waals surface area (Å²) >= 11 is 1.39. The predicted molar refractivity (Wildman–Crippen MR) is 94.3 cm³/mol. The number of thiazole rings is 1. The average molecular weight is 394 g/mol. The van der Waals surface area contributed by atoms with Crippen molar-refractivity contribution in [2.45, 2.75) is 24.9 Å². The van der Waals surface area contributed by atoms with Crippen LogP contribution in [0.1, 0.15) is 27.7 Å². The molecule has 1 unspecified atom stereocenters. The van der Waals surface area contributed by atoms with Gasteiger partial charge in [0.05, 0.1) is 16.6 Å². The van der Waals surface area contributed by atoms with E-state index >= 15 is 0 Å². The van der Waals surface area contributed by atoms with Gasteiger partial charge in [-0.05, 0) is 37.1 Å². The summed E-state index contributed by atoms with van der Waals surface area (Å²) in [4.78, 5) is 28.6. The standard InChI is InChI=1S/C17H16F2N4O3S/c1-17(20,16(18)19)13(15(25)23-26)22-14(24)11-5-2-10(3-6-11)4-7-12-8-21-9-27-12/h2-3,5-6,8-9,13,16,26H,20H2,1H3,(H,22,24)(H,23,25)/t13-,17?/m1/s1. The predicted octanol–water partition coefficient (Wildman–Crippen LogP) is 1.13. The summed E-state index contributed by atoms with van der Waals surface area (Å²) in [5.74, 6) is 3.74. The van der Waals surface area contributed by atoms with Crippen molar-refractivity contribution in [3.05, 3.63) is 52.0 Å². The van der Waals surface area contributed by atoms with Gasteiger partial charge >= 0.3 is 0 Å². The first-order valence-corrected chi connectivity index (χ1v) is 8.46. The van der Waals surface area contributed by atoms with Gasteiger partial charge in [0.25, 0.3) is 18.2 Å². The number of hydrogen-bond acceptors (Lipinski definition) is 6. The minimum atomic E-state index is -3.12. The maximum Gasteiger partial charge on any atom is 0.268 e. The lowest BCUT2D eigenvalue weighted by molar-refractivity contribution is -0.134. The van der Waals surface area contributed by atoms with Gasteiger partial charge in [0.2, 0.25) is 0 Å². The molecule has 142 valence electrons. The molecule has 0 aliphatic heterocycles. The van der Waals surface area contributed by atoms with E-state index < -0.39 is 29.8 Å². The fourth-order valence-electron chi connectivity index (χ4n) is 2.02. The molecule has 1 aromatic heterocycles. The quantitative estimate of drug-likeness (QED) is 0.345. The van der Waals surface area contributed by atoms with Crippen molar-refractivity contribution in [1.82, 2.24) is 15.8 Å². The number of nitrogens with two attached hydrogens (primary N) is 1. The Morgan fingerprint density at radius 2 is 1.96 bits per heavy atom. The van der Waals surface area contributed by atoms with Crippen LogP contribution in [0.2, 0.25) is 0 Å². The summed E-state index contributed by atoms with van der Waals surface area (Å²) in [5, 5.41) is 10.9. The summed E-state index contributed by atoms with van der Waals surface area (Å²) < 4.78 is 26.2. The zero-order chi connectivity index (χ0) is 20.0. The lowest BCUT2D eigenvalue weighted by atomic mass is 9.92. The van der Waals surface area contributed by atoms with E-state index in [1.807, 2.05) is 0 Å². The highest BCUT2D eigenvalue weighted by molar-refractivity contribution is 7.10. The SMILES string of the molecule is CC(N)(C(F)F)[C@H](NC(=O)c1ccc(C#Cc2cncs2)cc1)C(=O)NO. The normalized spacial score (nSPS) is 13.9. The molecule has 2 aromatic rings. The van der Waals surface area contributed by atoms with E-state index in [2.05, 4.69) is 22.1 Å². The Hall–Kier alpha value is -2.87. The third-order valence-electron chi connectivity index (χ3n) is 3.65. The number of carbonyl (C=O) groups excluding carboxylic acids is 2. The van der Waals surface area contributed by atoms with Crippen LogP contribution < -0.4 is 16.5 Å². The molecule has 2 amide bonds. The van der Waals surface area contributed by atoms with Crippen LogP contribution in [0.4, 0.5) is 8.78 Å². The van der Waals surface area contributed by atoms with Crippen molar-refractivity contribution >= 4 is 23.2 Å². The minimum absolute atomic E-state index is 0.110. The second kappa shape index (κ2) is 8.68.